The van der Waals surface area contributed by atoms with Gasteiger partial charge in [0.25, 0.3) is 0 Å². The van der Waals surface area contributed by atoms with E-state index in [-0.39, 0.29) is 17.8 Å². The molecule has 1 aromatic carbocycles. The van der Waals surface area contributed by atoms with Crippen molar-refractivity contribution in [2.45, 2.75) is 52.4 Å². The minimum atomic E-state index is -1.05. The Morgan fingerprint density at radius 2 is 1.91 bits per heavy atom. The third-order valence-electron chi connectivity index (χ3n) is 4.46. The zero-order chi connectivity index (χ0) is 16.4. The molecule has 122 valence electrons. The van der Waals surface area contributed by atoms with Crippen molar-refractivity contribution < 1.29 is 14.6 Å². The second-order valence-corrected chi connectivity index (χ2v) is 7.37. The summed E-state index contributed by atoms with van der Waals surface area (Å²) in [5, 5.41) is 10.4. The monoisotopic (exact) mass is 322 g/mol. The Morgan fingerprint density at radius 1 is 1.32 bits per heavy atom. The molecule has 1 saturated heterocycles. The van der Waals surface area contributed by atoms with E-state index in [0.717, 1.165) is 22.4 Å². The summed E-state index contributed by atoms with van der Waals surface area (Å²) < 4.78 is 5.80. The van der Waals surface area contributed by atoms with Gasteiger partial charge in [-0.1, -0.05) is 24.6 Å². The van der Waals surface area contributed by atoms with Crippen LogP contribution in [0.15, 0.2) is 12.1 Å². The lowest BCUT2D eigenvalue weighted by atomic mass is 9.81. The van der Waals surface area contributed by atoms with Crippen LogP contribution in [0, 0.1) is 26.7 Å². The maximum absolute atomic E-state index is 12.7. The second kappa shape index (κ2) is 7.16. The largest absolute Gasteiger partial charge is 0.367 e. The smallest absolute Gasteiger partial charge is 0.168 e. The summed E-state index contributed by atoms with van der Waals surface area (Å²) in [7, 11) is 0. The molecule has 3 nitrogen and oxygen atoms in total. The number of ether oxygens (including phenoxy) is 1. The van der Waals surface area contributed by atoms with Crippen LogP contribution in [0.5, 0.6) is 0 Å². The Labute approximate surface area is 137 Å². The zero-order valence-electron chi connectivity index (χ0n) is 14.1. The van der Waals surface area contributed by atoms with Gasteiger partial charge < -0.3 is 9.84 Å². The highest BCUT2D eigenvalue weighted by Gasteiger charge is 2.40. The van der Waals surface area contributed by atoms with Crippen molar-refractivity contribution in [2.24, 2.45) is 5.92 Å². The van der Waals surface area contributed by atoms with E-state index >= 15 is 0 Å². The molecule has 0 spiro atoms. The van der Waals surface area contributed by atoms with Crippen LogP contribution >= 0.6 is 11.8 Å². The minimum absolute atomic E-state index is 0.0896. The fourth-order valence-electron chi connectivity index (χ4n) is 3.48. The highest BCUT2D eigenvalue weighted by atomic mass is 32.2. The Morgan fingerprint density at radius 3 is 2.41 bits per heavy atom. The summed E-state index contributed by atoms with van der Waals surface area (Å²) in [6.45, 7) is 8.11. The number of rotatable bonds is 4. The van der Waals surface area contributed by atoms with Gasteiger partial charge >= 0.3 is 0 Å². The predicted octanol–water partition coefficient (Wildman–Crippen LogP) is 3.37. The maximum atomic E-state index is 12.7. The molecule has 1 aliphatic rings. The quantitative estimate of drug-likeness (QED) is 0.923. The van der Waals surface area contributed by atoms with Gasteiger partial charge in [-0.05, 0) is 55.4 Å². The average molecular weight is 322 g/mol. The number of hydrogen-bond acceptors (Lipinski definition) is 4. The van der Waals surface area contributed by atoms with Crippen molar-refractivity contribution >= 4 is 17.5 Å². The van der Waals surface area contributed by atoms with Crippen molar-refractivity contribution in [1.82, 2.24) is 0 Å². The van der Waals surface area contributed by atoms with Crippen LogP contribution < -0.4 is 0 Å². The van der Waals surface area contributed by atoms with Gasteiger partial charge in [-0.2, -0.15) is 11.8 Å². The highest BCUT2D eigenvalue weighted by molar-refractivity contribution is 7.98. The van der Waals surface area contributed by atoms with E-state index in [0.29, 0.717) is 6.42 Å². The van der Waals surface area contributed by atoms with Crippen molar-refractivity contribution in [1.29, 1.82) is 0 Å². The maximum Gasteiger partial charge on any atom is 0.168 e. The van der Waals surface area contributed by atoms with Gasteiger partial charge in [-0.3, -0.25) is 4.79 Å². The molecular weight excluding hydrogens is 296 g/mol. The normalized spacial score (nSPS) is 27.0. The van der Waals surface area contributed by atoms with Gasteiger partial charge in [0.05, 0.1) is 12.0 Å². The molecule has 1 heterocycles. The van der Waals surface area contributed by atoms with Gasteiger partial charge in [0.15, 0.2) is 6.29 Å². The van der Waals surface area contributed by atoms with Gasteiger partial charge in [0.1, 0.15) is 5.78 Å². The van der Waals surface area contributed by atoms with E-state index in [2.05, 4.69) is 19.1 Å². The molecule has 4 unspecified atom stereocenters. The van der Waals surface area contributed by atoms with E-state index in [1.165, 1.54) is 5.56 Å². The van der Waals surface area contributed by atoms with E-state index in [9.17, 15) is 9.90 Å². The SMILES string of the molecule is CSCC(C)C1CC(=O)C(c2c(C)cc(C)cc2C)C(O)O1. The summed E-state index contributed by atoms with van der Waals surface area (Å²) in [4.78, 5) is 12.7. The topological polar surface area (TPSA) is 46.5 Å². The van der Waals surface area contributed by atoms with Gasteiger partial charge in [0.2, 0.25) is 0 Å². The number of hydrogen-bond donors (Lipinski definition) is 1. The van der Waals surface area contributed by atoms with Gasteiger partial charge in [-0.25, -0.2) is 0 Å². The van der Waals surface area contributed by atoms with Crippen LogP contribution in [0.1, 0.15) is 41.5 Å². The van der Waals surface area contributed by atoms with Gasteiger partial charge in [-0.15, -0.1) is 0 Å². The molecular formula is C18H26O3S. The lowest BCUT2D eigenvalue weighted by molar-refractivity contribution is -0.188. The molecule has 0 aromatic heterocycles. The minimum Gasteiger partial charge on any atom is -0.367 e. The molecule has 4 heteroatoms. The van der Waals surface area contributed by atoms with Crippen LogP contribution in [0.3, 0.4) is 0 Å². The molecule has 0 saturated carbocycles. The van der Waals surface area contributed by atoms with E-state index in [1.807, 2.05) is 27.0 Å². The molecule has 2 rings (SSSR count). The molecule has 1 aliphatic heterocycles. The van der Waals surface area contributed by atoms with Crippen LogP contribution in [0.2, 0.25) is 0 Å². The average Bonchev–Trinajstić information content (AvgIpc) is 2.40. The number of carbonyl (C=O) groups excluding carboxylic acids is 1. The number of benzene rings is 1. The van der Waals surface area contributed by atoms with E-state index in [4.69, 9.17) is 4.74 Å². The fourth-order valence-corrected chi connectivity index (χ4v) is 4.22. The molecule has 0 radical (unpaired) electrons. The first-order chi connectivity index (χ1) is 10.3. The molecule has 0 amide bonds. The first-order valence-electron chi connectivity index (χ1n) is 7.78. The van der Waals surface area contributed by atoms with Crippen molar-refractivity contribution in [3.8, 4) is 0 Å². The molecule has 1 N–H and O–H groups in total. The molecule has 22 heavy (non-hydrogen) atoms. The standard InChI is InChI=1S/C18H26O3S/c1-10-6-11(2)16(12(3)7-10)17-14(19)8-15(21-18(17)20)13(4)9-22-5/h6-7,13,15,17-18,20H,8-9H2,1-5H3. The second-order valence-electron chi connectivity index (χ2n) is 6.46. The van der Waals surface area contributed by atoms with E-state index in [1.54, 1.807) is 11.8 Å². The number of aliphatic hydroxyl groups excluding tert-OH is 1. The third-order valence-corrected chi connectivity index (χ3v) is 5.32. The number of Topliss-reactive ketones (excluding diaryl/α,β-unsaturated/α-hetero) is 1. The highest BCUT2D eigenvalue weighted by Crippen LogP contribution is 2.36. The number of thioether (sulfide) groups is 1. The summed E-state index contributed by atoms with van der Waals surface area (Å²) in [6, 6.07) is 4.12. The molecule has 0 aliphatic carbocycles. The van der Waals surface area contributed by atoms with Crippen LogP contribution in [-0.4, -0.2) is 35.3 Å². The van der Waals surface area contributed by atoms with Gasteiger partial charge in [0, 0.05) is 6.42 Å². The first kappa shape index (κ1) is 17.5. The van der Waals surface area contributed by atoms with Crippen LogP contribution in [0.4, 0.5) is 0 Å². The number of aryl methyl sites for hydroxylation is 3. The number of aliphatic hydroxyl groups is 1. The zero-order valence-corrected chi connectivity index (χ0v) is 14.9. The molecule has 4 atom stereocenters. The Bertz CT molecular complexity index is 532. The molecule has 1 fully saturated rings. The third kappa shape index (κ3) is 3.55. The first-order valence-corrected chi connectivity index (χ1v) is 9.17. The van der Waals surface area contributed by atoms with Crippen molar-refractivity contribution in [3.05, 3.63) is 34.4 Å². The summed E-state index contributed by atoms with van der Waals surface area (Å²) in [6.07, 6.45) is 1.20. The Balaban J connectivity index is 2.26. The summed E-state index contributed by atoms with van der Waals surface area (Å²) in [5.41, 5.74) is 4.20. The molecule has 1 aromatic rings. The number of ketones is 1. The fraction of sp³-hybridized carbons (Fsp3) is 0.611. The Kier molecular flexibility index (Phi) is 5.70. The van der Waals surface area contributed by atoms with Crippen LogP contribution in [-0.2, 0) is 9.53 Å². The summed E-state index contributed by atoms with van der Waals surface area (Å²) >= 11 is 1.74. The lowest BCUT2D eigenvalue weighted by Gasteiger charge is -2.36. The lowest BCUT2D eigenvalue weighted by Crippen LogP contribution is -2.43. The summed E-state index contributed by atoms with van der Waals surface area (Å²) in [5.74, 6) is 0.720. The Hall–Kier alpha value is -0.840. The number of carbonyl (C=O) groups is 1. The van der Waals surface area contributed by atoms with E-state index < -0.39 is 12.2 Å². The van der Waals surface area contributed by atoms with Crippen molar-refractivity contribution in [3.63, 3.8) is 0 Å². The molecule has 0 bridgehead atoms. The van der Waals surface area contributed by atoms with Crippen molar-refractivity contribution in [2.75, 3.05) is 12.0 Å². The van der Waals surface area contributed by atoms with Crippen LogP contribution in [0.25, 0.3) is 0 Å². The predicted molar refractivity (Wildman–Crippen MR) is 91.4 cm³/mol.